The van der Waals surface area contributed by atoms with E-state index < -0.39 is 35.6 Å². The molecule has 5 rings (SSSR count). The third-order valence-corrected chi connectivity index (χ3v) is 6.93. The standard InChI is InChI=1S/C26H23ClN4O5/c1-14-7-3-5-9-16(14)20(32)21(33)23-26(35,22(34)17-10-6-4-8-15(17)2)11-19(36-23)31-25-18(12-30-31)24(27)28-13-29-25/h3-10,12-13,19,21,23,33,35H,11H2,1-2H3/t19-,21?,23-,26-/m1/s1. The van der Waals surface area contributed by atoms with Crippen molar-refractivity contribution in [3.8, 4) is 0 Å². The first-order valence-electron chi connectivity index (χ1n) is 11.3. The molecule has 0 amide bonds. The summed E-state index contributed by atoms with van der Waals surface area (Å²) in [5.41, 5.74) is -0.0848. The number of carbonyl (C=O) groups is 2. The quantitative estimate of drug-likeness (QED) is 0.301. The van der Waals surface area contributed by atoms with Crippen LogP contribution in [0.1, 0.15) is 44.5 Å². The minimum absolute atomic E-state index is 0.182. The molecular weight excluding hydrogens is 484 g/mol. The lowest BCUT2D eigenvalue weighted by Gasteiger charge is -2.30. The minimum Gasteiger partial charge on any atom is -0.382 e. The summed E-state index contributed by atoms with van der Waals surface area (Å²) in [7, 11) is 0. The molecule has 2 N–H and O–H groups in total. The highest BCUT2D eigenvalue weighted by atomic mass is 35.5. The number of nitrogens with zero attached hydrogens (tertiary/aromatic N) is 4. The van der Waals surface area contributed by atoms with Gasteiger partial charge in [0.25, 0.3) is 0 Å². The van der Waals surface area contributed by atoms with Crippen molar-refractivity contribution in [2.45, 2.75) is 44.3 Å². The van der Waals surface area contributed by atoms with Gasteiger partial charge < -0.3 is 14.9 Å². The lowest BCUT2D eigenvalue weighted by molar-refractivity contribution is -0.0921. The normalized spacial score (nSPS) is 22.6. The molecule has 4 aromatic rings. The number of hydrogen-bond acceptors (Lipinski definition) is 8. The molecular formula is C26H23ClN4O5. The molecule has 10 heteroatoms. The molecule has 3 heterocycles. The van der Waals surface area contributed by atoms with Crippen LogP contribution < -0.4 is 0 Å². The van der Waals surface area contributed by atoms with Gasteiger partial charge in [-0.05, 0) is 25.0 Å². The van der Waals surface area contributed by atoms with Crippen LogP contribution in [0.15, 0.2) is 61.1 Å². The van der Waals surface area contributed by atoms with Gasteiger partial charge in [0.15, 0.2) is 29.0 Å². The molecule has 2 aromatic carbocycles. The molecule has 1 aliphatic rings. The zero-order valence-corrected chi connectivity index (χ0v) is 20.3. The van der Waals surface area contributed by atoms with E-state index in [0.717, 1.165) is 0 Å². The van der Waals surface area contributed by atoms with Gasteiger partial charge in [-0.1, -0.05) is 60.1 Å². The predicted molar refractivity (Wildman–Crippen MR) is 131 cm³/mol. The molecule has 4 atom stereocenters. The SMILES string of the molecule is Cc1ccccc1C(=O)C(O)[C@H]1O[C@@H](n2ncc3c(Cl)ncnc32)C[C@@]1(O)C(=O)c1ccccc1C. The van der Waals surface area contributed by atoms with Crippen molar-refractivity contribution in [2.24, 2.45) is 0 Å². The summed E-state index contributed by atoms with van der Waals surface area (Å²) in [5.74, 6) is -1.32. The maximum Gasteiger partial charge on any atom is 0.197 e. The molecule has 36 heavy (non-hydrogen) atoms. The van der Waals surface area contributed by atoms with Crippen molar-refractivity contribution in [3.05, 3.63) is 88.5 Å². The third kappa shape index (κ3) is 3.90. The average Bonchev–Trinajstić information content (AvgIpc) is 3.46. The summed E-state index contributed by atoms with van der Waals surface area (Å²) in [6.45, 7) is 3.48. The lowest BCUT2D eigenvalue weighted by Crippen LogP contribution is -2.54. The summed E-state index contributed by atoms with van der Waals surface area (Å²) < 4.78 is 7.42. The average molecular weight is 507 g/mol. The van der Waals surface area contributed by atoms with E-state index in [2.05, 4.69) is 15.1 Å². The number of fused-ring (bicyclic) bond motifs is 1. The second-order valence-electron chi connectivity index (χ2n) is 8.90. The Morgan fingerprint density at radius 2 is 1.72 bits per heavy atom. The van der Waals surface area contributed by atoms with Gasteiger partial charge in [-0.2, -0.15) is 5.10 Å². The number of halogens is 1. The Hall–Kier alpha value is -3.50. The van der Waals surface area contributed by atoms with Crippen LogP contribution in [-0.4, -0.2) is 59.3 Å². The van der Waals surface area contributed by atoms with Crippen LogP contribution in [0.3, 0.4) is 0 Å². The molecule has 1 aliphatic heterocycles. The van der Waals surface area contributed by atoms with E-state index in [-0.39, 0.29) is 22.7 Å². The second-order valence-corrected chi connectivity index (χ2v) is 9.26. The van der Waals surface area contributed by atoms with Gasteiger partial charge in [-0.3, -0.25) is 9.59 Å². The first-order valence-corrected chi connectivity index (χ1v) is 11.7. The molecule has 2 aromatic heterocycles. The molecule has 0 bridgehead atoms. The number of rotatable bonds is 6. The largest absolute Gasteiger partial charge is 0.382 e. The number of aromatic nitrogens is 4. The van der Waals surface area contributed by atoms with Crippen molar-refractivity contribution in [1.29, 1.82) is 0 Å². The van der Waals surface area contributed by atoms with Crippen molar-refractivity contribution >= 4 is 34.2 Å². The number of benzene rings is 2. The lowest BCUT2D eigenvalue weighted by atomic mass is 9.81. The zero-order chi connectivity index (χ0) is 25.6. The Morgan fingerprint density at radius 3 is 2.39 bits per heavy atom. The number of aliphatic hydroxyl groups is 2. The number of hydrogen-bond donors (Lipinski definition) is 2. The van der Waals surface area contributed by atoms with Crippen LogP contribution >= 0.6 is 11.6 Å². The highest BCUT2D eigenvalue weighted by Crippen LogP contribution is 2.42. The van der Waals surface area contributed by atoms with E-state index in [9.17, 15) is 19.8 Å². The zero-order valence-electron chi connectivity index (χ0n) is 19.5. The van der Waals surface area contributed by atoms with Gasteiger partial charge in [0.2, 0.25) is 0 Å². The number of ketones is 2. The highest BCUT2D eigenvalue weighted by Gasteiger charge is 2.58. The van der Waals surface area contributed by atoms with Crippen LogP contribution in [0.25, 0.3) is 11.0 Å². The van der Waals surface area contributed by atoms with E-state index in [1.54, 1.807) is 62.4 Å². The van der Waals surface area contributed by atoms with Crippen LogP contribution in [-0.2, 0) is 4.74 Å². The fourth-order valence-electron chi connectivity index (χ4n) is 4.67. The van der Waals surface area contributed by atoms with Crippen molar-refractivity contribution in [1.82, 2.24) is 19.7 Å². The number of aliphatic hydroxyl groups excluding tert-OH is 1. The minimum atomic E-state index is -2.23. The van der Waals surface area contributed by atoms with Crippen LogP contribution in [0.4, 0.5) is 0 Å². The Morgan fingerprint density at radius 1 is 1.08 bits per heavy atom. The monoisotopic (exact) mass is 506 g/mol. The Labute approximate surface area is 211 Å². The summed E-state index contributed by atoms with van der Waals surface area (Å²) in [4.78, 5) is 35.2. The van der Waals surface area contributed by atoms with E-state index in [4.69, 9.17) is 16.3 Å². The predicted octanol–water partition coefficient (Wildman–Crippen LogP) is 3.24. The Bertz CT molecular complexity index is 1490. The van der Waals surface area contributed by atoms with Crippen molar-refractivity contribution < 1.29 is 24.5 Å². The first-order chi connectivity index (χ1) is 17.2. The summed E-state index contributed by atoms with van der Waals surface area (Å²) in [6, 6.07) is 13.6. The van der Waals surface area contributed by atoms with Crippen LogP contribution in [0.2, 0.25) is 5.15 Å². The van der Waals surface area contributed by atoms with Crippen molar-refractivity contribution in [3.63, 3.8) is 0 Å². The van der Waals surface area contributed by atoms with E-state index >= 15 is 0 Å². The highest BCUT2D eigenvalue weighted by molar-refractivity contribution is 6.33. The van der Waals surface area contributed by atoms with Gasteiger partial charge in [0.05, 0.1) is 11.6 Å². The fourth-order valence-corrected chi connectivity index (χ4v) is 4.84. The maximum atomic E-state index is 13.7. The molecule has 1 saturated heterocycles. The summed E-state index contributed by atoms with van der Waals surface area (Å²) in [6.07, 6.45) is -1.98. The molecule has 0 saturated carbocycles. The number of ether oxygens (including phenoxy) is 1. The topological polar surface area (TPSA) is 127 Å². The van der Waals surface area contributed by atoms with Crippen LogP contribution in [0, 0.1) is 13.8 Å². The summed E-state index contributed by atoms with van der Waals surface area (Å²) in [5, 5.41) is 28.0. The Kier molecular flexibility index (Phi) is 6.17. The van der Waals surface area contributed by atoms with Gasteiger partial charge in [0.1, 0.15) is 23.7 Å². The molecule has 0 aliphatic carbocycles. The molecule has 1 unspecified atom stereocenters. The Balaban J connectivity index is 1.58. The first kappa shape index (κ1) is 24.2. The van der Waals surface area contributed by atoms with Crippen molar-refractivity contribution in [2.75, 3.05) is 0 Å². The van der Waals surface area contributed by atoms with E-state index in [1.165, 1.54) is 17.2 Å². The van der Waals surface area contributed by atoms with Gasteiger partial charge >= 0.3 is 0 Å². The molecule has 0 spiro atoms. The van der Waals surface area contributed by atoms with Gasteiger partial charge in [-0.25, -0.2) is 14.6 Å². The van der Waals surface area contributed by atoms with Gasteiger partial charge in [-0.15, -0.1) is 0 Å². The molecule has 9 nitrogen and oxygen atoms in total. The van der Waals surface area contributed by atoms with Gasteiger partial charge in [0, 0.05) is 17.5 Å². The smallest absolute Gasteiger partial charge is 0.197 e. The fraction of sp³-hybridized carbons (Fsp3) is 0.269. The molecule has 1 fully saturated rings. The van der Waals surface area contributed by atoms with E-state index in [0.29, 0.717) is 22.2 Å². The maximum absolute atomic E-state index is 13.7. The molecule has 0 radical (unpaired) electrons. The number of aryl methyl sites for hydroxylation is 2. The summed E-state index contributed by atoms with van der Waals surface area (Å²) >= 11 is 6.15. The number of Topliss-reactive ketones (excluding diaryl/α,β-unsaturated/α-hetero) is 2. The number of carbonyl (C=O) groups excluding carboxylic acids is 2. The third-order valence-electron chi connectivity index (χ3n) is 6.62. The molecule has 184 valence electrons. The second kappa shape index (κ2) is 9.18. The van der Waals surface area contributed by atoms with E-state index in [1.807, 2.05) is 0 Å². The van der Waals surface area contributed by atoms with Crippen LogP contribution in [0.5, 0.6) is 0 Å².